The Morgan fingerprint density at radius 1 is 1.04 bits per heavy atom. The van der Waals surface area contributed by atoms with E-state index in [0.29, 0.717) is 10.6 Å². The smallest absolute Gasteiger partial charge is 0.262 e. The molecule has 0 aliphatic heterocycles. The fraction of sp³-hybridized carbons (Fsp3) is 0.211. The molecular weight excluding hydrogens is 338 g/mol. The Bertz CT molecular complexity index is 743. The van der Waals surface area contributed by atoms with Crippen molar-refractivity contribution in [3.8, 4) is 0 Å². The maximum atomic E-state index is 12.3. The van der Waals surface area contributed by atoms with E-state index >= 15 is 0 Å². The summed E-state index contributed by atoms with van der Waals surface area (Å²) in [7, 11) is 0. The van der Waals surface area contributed by atoms with E-state index in [-0.39, 0.29) is 17.7 Å². The summed E-state index contributed by atoms with van der Waals surface area (Å²) in [5, 5.41) is 7.31. The third-order valence-electron chi connectivity index (χ3n) is 3.53. The van der Waals surface area contributed by atoms with Gasteiger partial charge in [0.1, 0.15) is 6.04 Å². The number of halogens is 1. The fourth-order valence-corrected chi connectivity index (χ4v) is 2.26. The zero-order valence-corrected chi connectivity index (χ0v) is 14.8. The van der Waals surface area contributed by atoms with Crippen molar-refractivity contribution >= 4 is 29.6 Å². The van der Waals surface area contributed by atoms with E-state index in [1.165, 1.54) is 6.21 Å². The molecule has 25 heavy (non-hydrogen) atoms. The summed E-state index contributed by atoms with van der Waals surface area (Å²) in [4.78, 5) is 24.6. The number of rotatable bonds is 6. The van der Waals surface area contributed by atoms with E-state index in [9.17, 15) is 9.59 Å². The van der Waals surface area contributed by atoms with Gasteiger partial charge in [0.25, 0.3) is 11.8 Å². The van der Waals surface area contributed by atoms with Crippen molar-refractivity contribution in [2.75, 3.05) is 0 Å². The molecule has 0 aliphatic rings. The molecule has 5 nitrogen and oxygen atoms in total. The minimum Gasteiger partial charge on any atom is -0.340 e. The molecule has 2 rings (SSSR count). The Morgan fingerprint density at radius 3 is 2.28 bits per heavy atom. The maximum absolute atomic E-state index is 12.3. The summed E-state index contributed by atoms with van der Waals surface area (Å²) in [5.74, 6) is -0.751. The zero-order valence-electron chi connectivity index (χ0n) is 14.1. The predicted molar refractivity (Wildman–Crippen MR) is 99.7 cm³/mol. The van der Waals surface area contributed by atoms with Gasteiger partial charge in [0.15, 0.2) is 0 Å². The highest BCUT2D eigenvalue weighted by atomic mass is 35.5. The lowest BCUT2D eigenvalue weighted by Crippen LogP contribution is -2.48. The van der Waals surface area contributed by atoms with Crippen LogP contribution in [0.1, 0.15) is 29.8 Å². The fourth-order valence-electron chi connectivity index (χ4n) is 2.14. The van der Waals surface area contributed by atoms with Gasteiger partial charge in [0, 0.05) is 10.6 Å². The van der Waals surface area contributed by atoms with Crippen LogP contribution in [0, 0.1) is 5.92 Å². The van der Waals surface area contributed by atoms with Crippen LogP contribution in [-0.2, 0) is 4.79 Å². The van der Waals surface area contributed by atoms with Crippen molar-refractivity contribution in [1.29, 1.82) is 0 Å². The Morgan fingerprint density at radius 2 is 1.68 bits per heavy atom. The molecule has 0 heterocycles. The highest BCUT2D eigenvalue weighted by molar-refractivity contribution is 6.30. The van der Waals surface area contributed by atoms with Crippen molar-refractivity contribution in [3.63, 3.8) is 0 Å². The van der Waals surface area contributed by atoms with Crippen molar-refractivity contribution in [3.05, 3.63) is 70.7 Å². The second-order valence-electron chi connectivity index (χ2n) is 5.85. The van der Waals surface area contributed by atoms with Gasteiger partial charge in [-0.3, -0.25) is 9.59 Å². The normalized spacial score (nSPS) is 12.2. The van der Waals surface area contributed by atoms with Gasteiger partial charge in [-0.1, -0.05) is 55.8 Å². The van der Waals surface area contributed by atoms with Gasteiger partial charge in [0.2, 0.25) is 0 Å². The van der Waals surface area contributed by atoms with Gasteiger partial charge >= 0.3 is 0 Å². The van der Waals surface area contributed by atoms with Crippen LogP contribution in [0.3, 0.4) is 0 Å². The first-order valence-electron chi connectivity index (χ1n) is 7.92. The number of carbonyl (C=O) groups excluding carboxylic acids is 2. The lowest BCUT2D eigenvalue weighted by molar-refractivity contribution is -0.123. The standard InChI is InChI=1S/C19H20ClN3O2/c1-13(2)17(22-18(24)15-6-4-3-5-7-15)19(25)23-21-12-14-8-10-16(20)11-9-14/h3-13,17H,1-2H3,(H,22,24)(H,23,25)/b21-12+/t17-/m0/s1. The van der Waals surface area contributed by atoms with E-state index in [4.69, 9.17) is 11.6 Å². The van der Waals surface area contributed by atoms with Crippen molar-refractivity contribution in [2.24, 2.45) is 11.0 Å². The largest absolute Gasteiger partial charge is 0.340 e. The molecule has 2 aromatic carbocycles. The second kappa shape index (κ2) is 8.99. The predicted octanol–water partition coefficient (Wildman–Crippen LogP) is 3.24. The molecule has 2 amide bonds. The van der Waals surface area contributed by atoms with Gasteiger partial charge in [-0.25, -0.2) is 5.43 Å². The van der Waals surface area contributed by atoms with Gasteiger partial charge < -0.3 is 5.32 Å². The SMILES string of the molecule is CC(C)[C@H](NC(=O)c1ccccc1)C(=O)N/N=C/c1ccc(Cl)cc1. The van der Waals surface area contributed by atoms with Gasteiger partial charge in [-0.15, -0.1) is 0 Å². The molecule has 0 unspecified atom stereocenters. The van der Waals surface area contributed by atoms with E-state index in [1.54, 1.807) is 48.5 Å². The molecule has 6 heteroatoms. The van der Waals surface area contributed by atoms with Gasteiger partial charge in [-0.2, -0.15) is 5.10 Å². The Labute approximate surface area is 152 Å². The number of nitrogens with one attached hydrogen (secondary N) is 2. The average Bonchev–Trinajstić information content (AvgIpc) is 2.61. The van der Waals surface area contributed by atoms with E-state index in [1.807, 2.05) is 19.9 Å². The quantitative estimate of drug-likeness (QED) is 0.615. The molecule has 1 atom stereocenters. The van der Waals surface area contributed by atoms with Gasteiger partial charge in [-0.05, 0) is 35.7 Å². The molecule has 0 aromatic heterocycles. The number of hydrogen-bond acceptors (Lipinski definition) is 3. The summed E-state index contributed by atoms with van der Waals surface area (Å²) in [6, 6.07) is 15.1. The molecule has 0 saturated heterocycles. The van der Waals surface area contributed by atoms with E-state index in [0.717, 1.165) is 5.56 Å². The van der Waals surface area contributed by atoms with Crippen molar-refractivity contribution in [2.45, 2.75) is 19.9 Å². The zero-order chi connectivity index (χ0) is 18.2. The minimum atomic E-state index is -0.685. The Kier molecular flexibility index (Phi) is 6.71. The van der Waals surface area contributed by atoms with Crippen LogP contribution in [0.25, 0.3) is 0 Å². The summed E-state index contributed by atoms with van der Waals surface area (Å²) >= 11 is 5.82. The van der Waals surface area contributed by atoms with Crippen molar-refractivity contribution < 1.29 is 9.59 Å². The number of hydrogen-bond donors (Lipinski definition) is 2. The maximum Gasteiger partial charge on any atom is 0.262 e. The highest BCUT2D eigenvalue weighted by Gasteiger charge is 2.24. The van der Waals surface area contributed by atoms with Crippen LogP contribution in [0.15, 0.2) is 59.7 Å². The first-order valence-corrected chi connectivity index (χ1v) is 8.29. The summed E-state index contributed by atoms with van der Waals surface area (Å²) in [5.41, 5.74) is 3.78. The molecule has 2 aromatic rings. The molecule has 130 valence electrons. The molecule has 0 aliphatic carbocycles. The summed E-state index contributed by atoms with van der Waals surface area (Å²) in [6.45, 7) is 3.72. The van der Waals surface area contributed by atoms with Crippen LogP contribution in [0.2, 0.25) is 5.02 Å². The number of carbonyl (C=O) groups is 2. The topological polar surface area (TPSA) is 70.6 Å². The number of benzene rings is 2. The summed E-state index contributed by atoms with van der Waals surface area (Å²) in [6.07, 6.45) is 1.52. The minimum absolute atomic E-state index is 0.0848. The lowest BCUT2D eigenvalue weighted by atomic mass is 10.0. The molecule has 0 radical (unpaired) electrons. The highest BCUT2D eigenvalue weighted by Crippen LogP contribution is 2.08. The third-order valence-corrected chi connectivity index (χ3v) is 3.78. The molecule has 0 spiro atoms. The number of nitrogens with zero attached hydrogens (tertiary/aromatic N) is 1. The van der Waals surface area contributed by atoms with Crippen LogP contribution in [0.5, 0.6) is 0 Å². The van der Waals surface area contributed by atoms with Crippen LogP contribution < -0.4 is 10.7 Å². The van der Waals surface area contributed by atoms with Gasteiger partial charge in [0.05, 0.1) is 6.21 Å². The third kappa shape index (κ3) is 5.72. The van der Waals surface area contributed by atoms with Crippen LogP contribution in [0.4, 0.5) is 0 Å². The second-order valence-corrected chi connectivity index (χ2v) is 6.28. The van der Waals surface area contributed by atoms with E-state index < -0.39 is 6.04 Å². The Hall–Kier alpha value is -2.66. The monoisotopic (exact) mass is 357 g/mol. The van der Waals surface area contributed by atoms with Crippen LogP contribution in [-0.4, -0.2) is 24.1 Å². The molecule has 0 fully saturated rings. The molecular formula is C19H20ClN3O2. The Balaban J connectivity index is 1.98. The number of amides is 2. The molecule has 0 saturated carbocycles. The summed E-state index contributed by atoms with van der Waals surface area (Å²) < 4.78 is 0. The van der Waals surface area contributed by atoms with E-state index in [2.05, 4.69) is 15.8 Å². The first kappa shape index (κ1) is 18.7. The van der Waals surface area contributed by atoms with Crippen LogP contribution >= 0.6 is 11.6 Å². The first-order chi connectivity index (χ1) is 12.0. The molecule has 2 N–H and O–H groups in total. The molecule has 0 bridgehead atoms. The average molecular weight is 358 g/mol. The van der Waals surface area contributed by atoms with Crippen molar-refractivity contribution in [1.82, 2.24) is 10.7 Å². The lowest BCUT2D eigenvalue weighted by Gasteiger charge is -2.20. The number of hydrazone groups is 1.